The van der Waals surface area contributed by atoms with Crippen LogP contribution in [-0.4, -0.2) is 41.3 Å². The average Bonchev–Trinajstić information content (AvgIpc) is 2.09. The number of rotatable bonds is 4. The second-order valence-corrected chi connectivity index (χ2v) is 5.55. The number of carboxylic acid groups (broad SMARTS) is 1. The number of carboxylic acids is 1. The van der Waals surface area contributed by atoms with E-state index in [0.717, 1.165) is 0 Å². The molecule has 1 N–H and O–H groups in total. The van der Waals surface area contributed by atoms with Crippen LogP contribution in [0.3, 0.4) is 0 Å². The molecule has 0 aromatic rings. The highest BCUT2D eigenvalue weighted by Crippen LogP contribution is 2.15. The molecule has 5 nitrogen and oxygen atoms in total. The summed E-state index contributed by atoms with van der Waals surface area (Å²) in [6.07, 6.45) is -0.496. The van der Waals surface area contributed by atoms with Crippen molar-refractivity contribution in [1.29, 1.82) is 0 Å². The monoisotopic (exact) mass is 245 g/mol. The molecule has 0 aliphatic carbocycles. The summed E-state index contributed by atoms with van der Waals surface area (Å²) in [5.41, 5.74) is -0.568. The second-order valence-electron chi connectivity index (χ2n) is 5.55. The highest BCUT2D eigenvalue weighted by Gasteiger charge is 2.27. The molecule has 0 spiro atoms. The quantitative estimate of drug-likeness (QED) is 0.824. The van der Waals surface area contributed by atoms with Crippen LogP contribution >= 0.6 is 0 Å². The predicted octanol–water partition coefficient (Wildman–Crippen LogP) is 2.21. The molecule has 0 aliphatic rings. The first-order valence-electron chi connectivity index (χ1n) is 5.71. The zero-order valence-corrected chi connectivity index (χ0v) is 11.5. The molecule has 0 aliphatic heterocycles. The molecular weight excluding hydrogens is 222 g/mol. The fourth-order valence-electron chi connectivity index (χ4n) is 1.28. The number of ether oxygens (including phenoxy) is 1. The summed E-state index contributed by atoms with van der Waals surface area (Å²) < 4.78 is 5.15. The van der Waals surface area contributed by atoms with Crippen LogP contribution in [-0.2, 0) is 9.53 Å². The van der Waals surface area contributed by atoms with Crippen LogP contribution in [0.1, 0.15) is 34.6 Å². The van der Waals surface area contributed by atoms with Crippen LogP contribution in [0.4, 0.5) is 4.79 Å². The van der Waals surface area contributed by atoms with Gasteiger partial charge in [-0.25, -0.2) is 4.79 Å². The maximum Gasteiger partial charge on any atom is 0.410 e. The Hall–Kier alpha value is -1.26. The molecular formula is C12H23NO4. The fourth-order valence-corrected chi connectivity index (χ4v) is 1.28. The van der Waals surface area contributed by atoms with Crippen molar-refractivity contribution in [3.63, 3.8) is 0 Å². The first kappa shape index (κ1) is 15.7. The van der Waals surface area contributed by atoms with Crippen molar-refractivity contribution in [2.24, 2.45) is 11.8 Å². The van der Waals surface area contributed by atoms with E-state index < -0.39 is 23.6 Å². The van der Waals surface area contributed by atoms with Crippen molar-refractivity contribution in [2.75, 3.05) is 13.6 Å². The largest absolute Gasteiger partial charge is 0.481 e. The number of aliphatic carboxylic acids is 1. The van der Waals surface area contributed by atoms with E-state index in [1.807, 2.05) is 13.8 Å². The summed E-state index contributed by atoms with van der Waals surface area (Å²) in [5.74, 6) is -1.50. The lowest BCUT2D eigenvalue weighted by molar-refractivity contribution is -0.143. The van der Waals surface area contributed by atoms with Crippen molar-refractivity contribution in [1.82, 2.24) is 4.90 Å². The maximum atomic E-state index is 11.7. The first-order valence-corrected chi connectivity index (χ1v) is 5.71. The Labute approximate surface area is 103 Å². The molecule has 0 radical (unpaired) electrons. The summed E-state index contributed by atoms with van der Waals surface area (Å²) in [7, 11) is 1.55. The third-order valence-electron chi connectivity index (χ3n) is 2.30. The summed E-state index contributed by atoms with van der Waals surface area (Å²) >= 11 is 0. The SMILES string of the molecule is CC(C)[C@H](CN(C)C(=O)OC(C)(C)C)C(=O)O. The average molecular weight is 245 g/mol. The summed E-state index contributed by atoms with van der Waals surface area (Å²) in [6, 6.07) is 0. The molecule has 1 atom stereocenters. The van der Waals surface area contributed by atoms with E-state index in [1.165, 1.54) is 4.90 Å². The minimum absolute atomic E-state index is 0.0302. The third-order valence-corrected chi connectivity index (χ3v) is 2.30. The number of amides is 1. The zero-order chi connectivity index (χ0) is 13.8. The molecule has 0 fully saturated rings. The Morgan fingerprint density at radius 3 is 2.06 bits per heavy atom. The molecule has 0 aromatic carbocycles. The van der Waals surface area contributed by atoms with Gasteiger partial charge in [-0.2, -0.15) is 0 Å². The predicted molar refractivity (Wildman–Crippen MR) is 64.8 cm³/mol. The summed E-state index contributed by atoms with van der Waals surface area (Å²) in [5, 5.41) is 9.03. The van der Waals surface area contributed by atoms with Gasteiger partial charge in [0.25, 0.3) is 0 Å². The molecule has 0 unspecified atom stereocenters. The van der Waals surface area contributed by atoms with Gasteiger partial charge in [0.2, 0.25) is 0 Å². The Morgan fingerprint density at radius 1 is 1.29 bits per heavy atom. The normalized spacial score (nSPS) is 13.4. The van der Waals surface area contributed by atoms with Crippen LogP contribution in [0.25, 0.3) is 0 Å². The van der Waals surface area contributed by atoms with Gasteiger partial charge in [0.15, 0.2) is 0 Å². The van der Waals surface area contributed by atoms with Gasteiger partial charge in [-0.1, -0.05) is 13.8 Å². The van der Waals surface area contributed by atoms with E-state index in [-0.39, 0.29) is 12.5 Å². The topological polar surface area (TPSA) is 66.8 Å². The van der Waals surface area contributed by atoms with Gasteiger partial charge in [0, 0.05) is 13.6 Å². The van der Waals surface area contributed by atoms with E-state index in [4.69, 9.17) is 9.84 Å². The Morgan fingerprint density at radius 2 is 1.76 bits per heavy atom. The smallest absolute Gasteiger partial charge is 0.410 e. The van der Waals surface area contributed by atoms with Crippen LogP contribution in [0, 0.1) is 11.8 Å². The lowest BCUT2D eigenvalue weighted by Gasteiger charge is -2.27. The fraction of sp³-hybridized carbons (Fsp3) is 0.833. The molecule has 17 heavy (non-hydrogen) atoms. The Bertz CT molecular complexity index is 281. The lowest BCUT2D eigenvalue weighted by atomic mass is 9.96. The van der Waals surface area contributed by atoms with Crippen molar-refractivity contribution in [2.45, 2.75) is 40.2 Å². The molecule has 0 aromatic heterocycles. The van der Waals surface area contributed by atoms with Gasteiger partial charge in [-0.3, -0.25) is 4.79 Å². The molecule has 100 valence electrons. The van der Waals surface area contributed by atoms with Gasteiger partial charge in [-0.15, -0.1) is 0 Å². The Balaban J connectivity index is 4.46. The van der Waals surface area contributed by atoms with Crippen molar-refractivity contribution in [3.05, 3.63) is 0 Å². The van der Waals surface area contributed by atoms with Gasteiger partial charge >= 0.3 is 12.1 Å². The van der Waals surface area contributed by atoms with Crippen LogP contribution in [0.2, 0.25) is 0 Å². The molecule has 0 saturated heterocycles. The van der Waals surface area contributed by atoms with Crippen LogP contribution < -0.4 is 0 Å². The number of hydrogen-bond donors (Lipinski definition) is 1. The lowest BCUT2D eigenvalue weighted by Crippen LogP contribution is -2.40. The van der Waals surface area contributed by atoms with Gasteiger partial charge in [0.05, 0.1) is 5.92 Å². The number of carbonyl (C=O) groups is 2. The summed E-state index contributed by atoms with van der Waals surface area (Å²) in [4.78, 5) is 24.0. The number of hydrogen-bond acceptors (Lipinski definition) is 3. The maximum absolute atomic E-state index is 11.7. The molecule has 1 amide bonds. The molecule has 0 heterocycles. The van der Waals surface area contributed by atoms with Crippen LogP contribution in [0.15, 0.2) is 0 Å². The molecule has 0 rings (SSSR count). The number of nitrogens with zero attached hydrogens (tertiary/aromatic N) is 1. The van der Waals surface area contributed by atoms with Crippen molar-refractivity contribution in [3.8, 4) is 0 Å². The van der Waals surface area contributed by atoms with Gasteiger partial charge < -0.3 is 14.7 Å². The second kappa shape index (κ2) is 5.89. The van der Waals surface area contributed by atoms with Gasteiger partial charge in [0.1, 0.15) is 5.60 Å². The molecule has 0 bridgehead atoms. The Kier molecular flexibility index (Phi) is 5.45. The minimum Gasteiger partial charge on any atom is -0.481 e. The van der Waals surface area contributed by atoms with Gasteiger partial charge in [-0.05, 0) is 26.7 Å². The standard InChI is InChI=1S/C12H23NO4/c1-8(2)9(10(14)15)7-13(6)11(16)17-12(3,4)5/h8-9H,7H2,1-6H3,(H,14,15)/t9-/m0/s1. The molecule has 5 heteroatoms. The van der Waals surface area contributed by atoms with E-state index in [0.29, 0.717) is 0 Å². The highest BCUT2D eigenvalue weighted by atomic mass is 16.6. The summed E-state index contributed by atoms with van der Waals surface area (Å²) in [6.45, 7) is 9.12. The number of carbonyl (C=O) groups excluding carboxylic acids is 1. The van der Waals surface area contributed by atoms with E-state index in [9.17, 15) is 9.59 Å². The van der Waals surface area contributed by atoms with E-state index in [2.05, 4.69) is 0 Å². The van der Waals surface area contributed by atoms with E-state index in [1.54, 1.807) is 27.8 Å². The highest BCUT2D eigenvalue weighted by molar-refractivity contribution is 5.72. The minimum atomic E-state index is -0.893. The third kappa shape index (κ3) is 6.14. The van der Waals surface area contributed by atoms with Crippen molar-refractivity contribution < 1.29 is 19.4 Å². The molecule has 0 saturated carbocycles. The first-order chi connectivity index (χ1) is 7.54. The van der Waals surface area contributed by atoms with Crippen LogP contribution in [0.5, 0.6) is 0 Å². The van der Waals surface area contributed by atoms with E-state index >= 15 is 0 Å². The van der Waals surface area contributed by atoms with Crippen molar-refractivity contribution >= 4 is 12.1 Å². The zero-order valence-electron chi connectivity index (χ0n) is 11.5.